The van der Waals surface area contributed by atoms with Gasteiger partial charge in [0.25, 0.3) is 0 Å². The molecule has 16 heavy (non-hydrogen) atoms. The van der Waals surface area contributed by atoms with Gasteiger partial charge in [-0.2, -0.15) is 0 Å². The fraction of sp³-hybridized carbons (Fsp3) is 0.111. The summed E-state index contributed by atoms with van der Waals surface area (Å²) in [5, 5.41) is 10.5. The highest BCUT2D eigenvalue weighted by Crippen LogP contribution is 2.28. The normalized spacial score (nSPS) is 10.4. The fourth-order valence-electron chi connectivity index (χ4n) is 1.02. The van der Waals surface area contributed by atoms with Crippen LogP contribution in [0, 0.1) is 0 Å². The monoisotopic (exact) mass is 254 g/mol. The third-order valence-electron chi connectivity index (χ3n) is 1.74. The Morgan fingerprint density at radius 1 is 1.19 bits per heavy atom. The molecule has 7 heteroatoms. The minimum atomic E-state index is -0.213. The Morgan fingerprint density at radius 2 is 1.94 bits per heavy atom. The van der Waals surface area contributed by atoms with Crippen molar-refractivity contribution in [1.82, 2.24) is 19.9 Å². The minimum absolute atomic E-state index is 0.213. The molecule has 2 aromatic rings. The SMILES string of the molecule is OCc1c(Cl)ncnc1Sc1ncccn1. The van der Waals surface area contributed by atoms with Crippen molar-refractivity contribution < 1.29 is 5.11 Å². The van der Waals surface area contributed by atoms with Crippen LogP contribution in [0.2, 0.25) is 5.15 Å². The maximum absolute atomic E-state index is 9.16. The van der Waals surface area contributed by atoms with Crippen molar-refractivity contribution in [2.75, 3.05) is 0 Å². The lowest BCUT2D eigenvalue weighted by Gasteiger charge is -2.04. The van der Waals surface area contributed by atoms with Gasteiger partial charge >= 0.3 is 0 Å². The van der Waals surface area contributed by atoms with E-state index in [1.807, 2.05) is 0 Å². The van der Waals surface area contributed by atoms with Gasteiger partial charge in [0.1, 0.15) is 16.5 Å². The Morgan fingerprint density at radius 3 is 2.62 bits per heavy atom. The topological polar surface area (TPSA) is 71.8 Å². The lowest BCUT2D eigenvalue weighted by atomic mass is 10.4. The highest BCUT2D eigenvalue weighted by molar-refractivity contribution is 7.99. The number of aliphatic hydroxyl groups excluding tert-OH is 1. The van der Waals surface area contributed by atoms with Crippen molar-refractivity contribution in [2.24, 2.45) is 0 Å². The van der Waals surface area contributed by atoms with E-state index < -0.39 is 0 Å². The van der Waals surface area contributed by atoms with Crippen LogP contribution in [0.15, 0.2) is 35.0 Å². The van der Waals surface area contributed by atoms with Crippen LogP contribution in [0.3, 0.4) is 0 Å². The molecule has 0 aliphatic rings. The summed E-state index contributed by atoms with van der Waals surface area (Å²) in [6.07, 6.45) is 4.61. The van der Waals surface area contributed by atoms with Crippen LogP contribution in [-0.2, 0) is 6.61 Å². The zero-order chi connectivity index (χ0) is 11.4. The average Bonchev–Trinajstić information content (AvgIpc) is 2.31. The number of rotatable bonds is 3. The van der Waals surface area contributed by atoms with Crippen molar-refractivity contribution >= 4 is 23.4 Å². The highest BCUT2D eigenvalue weighted by Gasteiger charge is 2.11. The molecule has 0 atom stereocenters. The number of aromatic nitrogens is 4. The molecule has 5 nitrogen and oxygen atoms in total. The Kier molecular flexibility index (Phi) is 3.66. The molecule has 2 rings (SSSR count). The molecule has 0 radical (unpaired) electrons. The summed E-state index contributed by atoms with van der Waals surface area (Å²) in [7, 11) is 0. The van der Waals surface area contributed by atoms with Gasteiger partial charge in [-0.15, -0.1) is 0 Å². The first-order valence-electron chi connectivity index (χ1n) is 4.36. The number of nitrogens with zero attached hydrogens (tertiary/aromatic N) is 4. The molecule has 0 aromatic carbocycles. The second kappa shape index (κ2) is 5.20. The molecule has 0 aliphatic carbocycles. The molecule has 0 bridgehead atoms. The third-order valence-corrected chi connectivity index (χ3v) is 3.01. The van der Waals surface area contributed by atoms with Gasteiger partial charge in [-0.25, -0.2) is 19.9 Å². The van der Waals surface area contributed by atoms with Crippen molar-refractivity contribution in [3.8, 4) is 0 Å². The van der Waals surface area contributed by atoms with Crippen molar-refractivity contribution in [3.05, 3.63) is 35.5 Å². The van der Waals surface area contributed by atoms with E-state index in [1.54, 1.807) is 18.5 Å². The fourth-order valence-corrected chi connectivity index (χ4v) is 2.05. The van der Waals surface area contributed by atoms with Crippen LogP contribution in [0.4, 0.5) is 0 Å². The zero-order valence-corrected chi connectivity index (χ0v) is 9.61. The lowest BCUT2D eigenvalue weighted by molar-refractivity contribution is 0.277. The van der Waals surface area contributed by atoms with Crippen LogP contribution < -0.4 is 0 Å². The number of aliphatic hydroxyl groups is 1. The van der Waals surface area contributed by atoms with Gasteiger partial charge in [0.2, 0.25) is 0 Å². The molecule has 0 saturated heterocycles. The van der Waals surface area contributed by atoms with Crippen LogP contribution in [0.25, 0.3) is 0 Å². The summed E-state index contributed by atoms with van der Waals surface area (Å²) in [4.78, 5) is 15.9. The lowest BCUT2D eigenvalue weighted by Crippen LogP contribution is -1.96. The quantitative estimate of drug-likeness (QED) is 0.662. The largest absolute Gasteiger partial charge is 0.391 e. The molecule has 2 aromatic heterocycles. The van der Waals surface area contributed by atoms with Crippen LogP contribution in [0.5, 0.6) is 0 Å². The summed E-state index contributed by atoms with van der Waals surface area (Å²) in [6.45, 7) is -0.213. The summed E-state index contributed by atoms with van der Waals surface area (Å²) in [5.41, 5.74) is 0.488. The van der Waals surface area contributed by atoms with Gasteiger partial charge in [-0.3, -0.25) is 0 Å². The van der Waals surface area contributed by atoms with Gasteiger partial charge in [-0.1, -0.05) is 11.6 Å². The maximum atomic E-state index is 9.16. The van der Waals surface area contributed by atoms with E-state index in [0.717, 1.165) is 0 Å². The maximum Gasteiger partial charge on any atom is 0.193 e. The first-order valence-corrected chi connectivity index (χ1v) is 5.56. The smallest absolute Gasteiger partial charge is 0.193 e. The van der Waals surface area contributed by atoms with Gasteiger partial charge in [-0.05, 0) is 17.8 Å². The van der Waals surface area contributed by atoms with Gasteiger partial charge < -0.3 is 5.11 Å². The molecule has 82 valence electrons. The summed E-state index contributed by atoms with van der Waals surface area (Å²) < 4.78 is 0. The molecule has 0 amide bonds. The zero-order valence-electron chi connectivity index (χ0n) is 8.04. The summed E-state index contributed by atoms with van der Waals surface area (Å²) >= 11 is 7.07. The average molecular weight is 255 g/mol. The van der Waals surface area contributed by atoms with Gasteiger partial charge in [0.05, 0.1) is 6.61 Å². The van der Waals surface area contributed by atoms with Crippen molar-refractivity contribution in [3.63, 3.8) is 0 Å². The molecule has 0 unspecified atom stereocenters. The predicted molar refractivity (Wildman–Crippen MR) is 59.1 cm³/mol. The molecular formula is C9H7ClN4OS. The Labute approximate surface area is 101 Å². The number of hydrogen-bond acceptors (Lipinski definition) is 6. The third kappa shape index (κ3) is 2.46. The molecule has 2 heterocycles. The minimum Gasteiger partial charge on any atom is -0.391 e. The first kappa shape index (κ1) is 11.3. The van der Waals surface area contributed by atoms with Crippen molar-refractivity contribution in [1.29, 1.82) is 0 Å². The van der Waals surface area contributed by atoms with E-state index >= 15 is 0 Å². The highest BCUT2D eigenvalue weighted by atomic mass is 35.5. The Bertz CT molecular complexity index is 482. The Balaban J connectivity index is 2.31. The van der Waals surface area contributed by atoms with Gasteiger partial charge in [0.15, 0.2) is 5.16 Å². The van der Waals surface area contributed by atoms with E-state index in [4.69, 9.17) is 16.7 Å². The van der Waals surface area contributed by atoms with E-state index in [0.29, 0.717) is 15.7 Å². The van der Waals surface area contributed by atoms with E-state index in [9.17, 15) is 0 Å². The van der Waals surface area contributed by atoms with E-state index in [-0.39, 0.29) is 11.8 Å². The van der Waals surface area contributed by atoms with Crippen LogP contribution >= 0.6 is 23.4 Å². The molecular weight excluding hydrogens is 248 g/mol. The molecule has 0 aliphatic heterocycles. The Hall–Kier alpha value is -1.24. The summed E-state index contributed by atoms with van der Waals surface area (Å²) in [6, 6.07) is 1.73. The predicted octanol–water partition coefficient (Wildman–Crippen LogP) is 1.56. The molecule has 0 spiro atoms. The number of hydrogen-bond donors (Lipinski definition) is 1. The van der Waals surface area contributed by atoms with E-state index in [2.05, 4.69) is 19.9 Å². The second-order valence-corrected chi connectivity index (χ2v) is 4.05. The summed E-state index contributed by atoms with van der Waals surface area (Å²) in [5.74, 6) is 0. The standard InChI is InChI=1S/C9H7ClN4OS/c10-7-6(4-15)8(14-5-13-7)16-9-11-2-1-3-12-9/h1-3,5,15H,4H2. The van der Waals surface area contributed by atoms with Crippen LogP contribution in [0.1, 0.15) is 5.56 Å². The van der Waals surface area contributed by atoms with Crippen molar-refractivity contribution in [2.45, 2.75) is 16.8 Å². The first-order chi connectivity index (χ1) is 7.81. The number of halogens is 1. The van der Waals surface area contributed by atoms with E-state index in [1.165, 1.54) is 18.1 Å². The van der Waals surface area contributed by atoms with Gasteiger partial charge in [0, 0.05) is 18.0 Å². The van der Waals surface area contributed by atoms with Crippen LogP contribution in [-0.4, -0.2) is 25.0 Å². The molecule has 0 saturated carbocycles. The molecule has 1 N–H and O–H groups in total. The second-order valence-electron chi connectivity index (χ2n) is 2.74. The molecule has 0 fully saturated rings.